The van der Waals surface area contributed by atoms with Crippen molar-refractivity contribution in [1.82, 2.24) is 5.32 Å². The van der Waals surface area contributed by atoms with Gasteiger partial charge in [0.25, 0.3) is 0 Å². The van der Waals surface area contributed by atoms with E-state index in [1.165, 1.54) is 28.9 Å². The maximum atomic E-state index is 11.0. The van der Waals surface area contributed by atoms with Gasteiger partial charge in [-0.15, -0.1) is 11.3 Å². The van der Waals surface area contributed by atoms with Gasteiger partial charge in [-0.25, -0.2) is 4.79 Å². The minimum atomic E-state index is -0.853. The van der Waals surface area contributed by atoms with Gasteiger partial charge in [0.15, 0.2) is 0 Å². The standard InChI is InChI=1S/C20H21NO2S/c22-20(23)19-13-17-12-16(9-10-18(17)24-19)14-21-11-5-4-8-15-6-2-1-3-7-15/h1-3,6-7,9-10,12-13,21H,4-5,8,11,14H2,(H,22,23). The van der Waals surface area contributed by atoms with E-state index in [9.17, 15) is 4.79 Å². The van der Waals surface area contributed by atoms with Gasteiger partial charge in [-0.2, -0.15) is 0 Å². The molecular formula is C20H21NO2S. The highest BCUT2D eigenvalue weighted by atomic mass is 32.1. The molecule has 1 aromatic heterocycles. The molecule has 0 spiro atoms. The summed E-state index contributed by atoms with van der Waals surface area (Å²) in [6.45, 7) is 1.81. The molecule has 2 N–H and O–H groups in total. The van der Waals surface area contributed by atoms with E-state index in [0.717, 1.165) is 36.0 Å². The van der Waals surface area contributed by atoms with E-state index in [-0.39, 0.29) is 0 Å². The second-order valence-corrected chi connectivity index (χ2v) is 6.99. The first-order valence-corrected chi connectivity index (χ1v) is 9.04. The minimum Gasteiger partial charge on any atom is -0.477 e. The number of fused-ring (bicyclic) bond motifs is 1. The lowest BCUT2D eigenvalue weighted by Gasteiger charge is -2.05. The smallest absolute Gasteiger partial charge is 0.345 e. The molecule has 0 unspecified atom stereocenters. The van der Waals surface area contributed by atoms with Crippen molar-refractivity contribution in [1.29, 1.82) is 0 Å². The third kappa shape index (κ3) is 4.43. The number of carboxylic acids is 1. The molecule has 0 aliphatic rings. The second kappa shape index (κ2) is 8.08. The molecule has 4 heteroatoms. The van der Waals surface area contributed by atoms with Gasteiger partial charge in [-0.1, -0.05) is 36.4 Å². The summed E-state index contributed by atoms with van der Waals surface area (Å²) in [6.07, 6.45) is 3.46. The summed E-state index contributed by atoms with van der Waals surface area (Å²) in [4.78, 5) is 11.4. The van der Waals surface area contributed by atoms with Gasteiger partial charge in [0.2, 0.25) is 0 Å². The molecular weight excluding hydrogens is 318 g/mol. The van der Waals surface area contributed by atoms with Crippen LogP contribution >= 0.6 is 11.3 Å². The minimum absolute atomic E-state index is 0.399. The monoisotopic (exact) mass is 339 g/mol. The predicted molar refractivity (Wildman–Crippen MR) is 99.9 cm³/mol. The fourth-order valence-electron chi connectivity index (χ4n) is 2.76. The molecule has 0 atom stereocenters. The van der Waals surface area contributed by atoms with Gasteiger partial charge in [-0.05, 0) is 60.5 Å². The molecule has 24 heavy (non-hydrogen) atoms. The summed E-state index contributed by atoms with van der Waals surface area (Å²) in [5.74, 6) is -0.853. The Balaban J connectivity index is 1.43. The molecule has 124 valence electrons. The Morgan fingerprint density at radius 1 is 1.00 bits per heavy atom. The van der Waals surface area contributed by atoms with Crippen molar-refractivity contribution in [2.24, 2.45) is 0 Å². The van der Waals surface area contributed by atoms with Crippen LogP contribution in [0.3, 0.4) is 0 Å². The Bertz CT molecular complexity index is 811. The fourth-order valence-corrected chi connectivity index (χ4v) is 3.65. The Hall–Kier alpha value is -2.17. The first-order chi connectivity index (χ1) is 11.7. The van der Waals surface area contributed by atoms with Crippen LogP contribution in [0.15, 0.2) is 54.6 Å². The van der Waals surface area contributed by atoms with Gasteiger partial charge in [0.1, 0.15) is 4.88 Å². The summed E-state index contributed by atoms with van der Waals surface area (Å²) in [6, 6.07) is 18.5. The van der Waals surface area contributed by atoms with Crippen LogP contribution in [0.25, 0.3) is 10.1 Å². The highest BCUT2D eigenvalue weighted by Crippen LogP contribution is 2.26. The summed E-state index contributed by atoms with van der Waals surface area (Å²) < 4.78 is 1.03. The molecule has 0 amide bonds. The molecule has 0 saturated carbocycles. The zero-order chi connectivity index (χ0) is 16.8. The molecule has 3 rings (SSSR count). The number of thiophene rings is 1. The summed E-state index contributed by atoms with van der Waals surface area (Å²) in [5.41, 5.74) is 2.59. The van der Waals surface area contributed by atoms with Crippen LogP contribution in [0.2, 0.25) is 0 Å². The molecule has 0 aliphatic heterocycles. The quantitative estimate of drug-likeness (QED) is 0.584. The van der Waals surface area contributed by atoms with Crippen LogP contribution in [-0.2, 0) is 13.0 Å². The number of hydrogen-bond donors (Lipinski definition) is 2. The number of benzene rings is 2. The number of unbranched alkanes of at least 4 members (excludes halogenated alkanes) is 1. The number of aryl methyl sites for hydroxylation is 1. The second-order valence-electron chi connectivity index (χ2n) is 5.91. The van der Waals surface area contributed by atoms with Crippen molar-refractivity contribution in [3.05, 3.63) is 70.6 Å². The van der Waals surface area contributed by atoms with Crippen molar-refractivity contribution in [3.8, 4) is 0 Å². The van der Waals surface area contributed by atoms with E-state index >= 15 is 0 Å². The molecule has 0 bridgehead atoms. The van der Waals surface area contributed by atoms with Crippen molar-refractivity contribution in [3.63, 3.8) is 0 Å². The van der Waals surface area contributed by atoms with Gasteiger partial charge < -0.3 is 10.4 Å². The zero-order valence-corrected chi connectivity index (χ0v) is 14.3. The van der Waals surface area contributed by atoms with E-state index < -0.39 is 5.97 Å². The first-order valence-electron chi connectivity index (χ1n) is 8.23. The molecule has 3 aromatic rings. The number of rotatable bonds is 8. The lowest BCUT2D eigenvalue weighted by atomic mass is 10.1. The van der Waals surface area contributed by atoms with Gasteiger partial charge in [0, 0.05) is 11.2 Å². The number of carboxylic acid groups (broad SMARTS) is 1. The molecule has 2 aromatic carbocycles. The van der Waals surface area contributed by atoms with Gasteiger partial charge in [0.05, 0.1) is 0 Å². The van der Waals surface area contributed by atoms with E-state index in [1.54, 1.807) is 6.07 Å². The van der Waals surface area contributed by atoms with Crippen LogP contribution in [0.5, 0.6) is 0 Å². The maximum absolute atomic E-state index is 11.0. The van der Waals surface area contributed by atoms with Crippen LogP contribution in [-0.4, -0.2) is 17.6 Å². The number of aromatic carboxylic acids is 1. The average Bonchev–Trinajstić information content (AvgIpc) is 3.02. The van der Waals surface area contributed by atoms with Crippen LogP contribution < -0.4 is 5.32 Å². The van der Waals surface area contributed by atoms with Crippen molar-refractivity contribution < 1.29 is 9.90 Å². The molecule has 3 nitrogen and oxygen atoms in total. The van der Waals surface area contributed by atoms with E-state index in [0.29, 0.717) is 4.88 Å². The highest BCUT2D eigenvalue weighted by Gasteiger charge is 2.08. The van der Waals surface area contributed by atoms with E-state index in [2.05, 4.69) is 47.8 Å². The zero-order valence-electron chi connectivity index (χ0n) is 13.5. The van der Waals surface area contributed by atoms with Gasteiger partial charge in [-0.3, -0.25) is 0 Å². The molecule has 0 fully saturated rings. The van der Waals surface area contributed by atoms with Crippen LogP contribution in [0.1, 0.15) is 33.6 Å². The first kappa shape index (κ1) is 16.7. The third-order valence-corrected chi connectivity index (χ3v) is 5.14. The average molecular weight is 339 g/mol. The summed E-state index contributed by atoms with van der Waals surface area (Å²) in [5, 5.41) is 13.5. The molecule has 1 heterocycles. The fraction of sp³-hybridized carbons (Fsp3) is 0.250. The Morgan fingerprint density at radius 2 is 1.83 bits per heavy atom. The number of hydrogen-bond acceptors (Lipinski definition) is 3. The summed E-state index contributed by atoms with van der Waals surface area (Å²) in [7, 11) is 0. The lowest BCUT2D eigenvalue weighted by Crippen LogP contribution is -2.14. The predicted octanol–water partition coefficient (Wildman–Crippen LogP) is 4.71. The molecule has 0 saturated heterocycles. The molecule has 0 aliphatic carbocycles. The Labute approximate surface area is 146 Å². The van der Waals surface area contributed by atoms with Crippen LogP contribution in [0.4, 0.5) is 0 Å². The Kier molecular flexibility index (Phi) is 5.62. The third-order valence-electron chi connectivity index (χ3n) is 4.03. The van der Waals surface area contributed by atoms with Crippen molar-refractivity contribution in [2.45, 2.75) is 25.8 Å². The van der Waals surface area contributed by atoms with Crippen LogP contribution in [0, 0.1) is 0 Å². The largest absolute Gasteiger partial charge is 0.477 e. The molecule has 0 radical (unpaired) electrons. The maximum Gasteiger partial charge on any atom is 0.345 e. The van der Waals surface area contributed by atoms with Gasteiger partial charge >= 0.3 is 5.97 Å². The van der Waals surface area contributed by atoms with E-state index in [4.69, 9.17) is 5.11 Å². The topological polar surface area (TPSA) is 49.3 Å². The van der Waals surface area contributed by atoms with E-state index in [1.807, 2.05) is 6.07 Å². The summed E-state index contributed by atoms with van der Waals surface area (Å²) >= 11 is 1.33. The number of carbonyl (C=O) groups is 1. The number of nitrogens with one attached hydrogen (secondary N) is 1. The normalized spacial score (nSPS) is 11.0. The van der Waals surface area contributed by atoms with Crippen molar-refractivity contribution in [2.75, 3.05) is 6.54 Å². The lowest BCUT2D eigenvalue weighted by molar-refractivity contribution is 0.0702. The Morgan fingerprint density at radius 3 is 2.62 bits per heavy atom. The highest BCUT2D eigenvalue weighted by molar-refractivity contribution is 7.20. The van der Waals surface area contributed by atoms with Crippen molar-refractivity contribution >= 4 is 27.4 Å². The SMILES string of the molecule is O=C(O)c1cc2cc(CNCCCCc3ccccc3)ccc2s1.